The molecule has 0 bridgehead atoms. The molecular weight excluding hydrogens is 150 g/mol. The van der Waals surface area contributed by atoms with Gasteiger partial charge in [-0.2, -0.15) is 0 Å². The normalized spacial score (nSPS) is 41.9. The van der Waals surface area contributed by atoms with Gasteiger partial charge in [0.1, 0.15) is 0 Å². The fourth-order valence-electron chi connectivity index (χ4n) is 2.52. The van der Waals surface area contributed by atoms with E-state index >= 15 is 0 Å². The Balaban J connectivity index is 2.66. The van der Waals surface area contributed by atoms with Gasteiger partial charge >= 0.3 is 0 Å². The zero-order valence-electron chi connectivity index (χ0n) is 8.08. The lowest BCUT2D eigenvalue weighted by Crippen LogP contribution is -2.32. The van der Waals surface area contributed by atoms with Crippen LogP contribution in [0.25, 0.3) is 0 Å². The molecule has 2 heteroatoms. The van der Waals surface area contributed by atoms with Crippen molar-refractivity contribution in [3.63, 3.8) is 0 Å². The number of isocyanates is 1. The molecule has 12 heavy (non-hydrogen) atoms. The second kappa shape index (κ2) is 3.86. The zero-order valence-corrected chi connectivity index (χ0v) is 8.08. The molecule has 0 radical (unpaired) electrons. The first kappa shape index (κ1) is 9.47. The molecule has 2 atom stereocenters. The Bertz CT molecular complexity index is 184. The second-order valence-corrected chi connectivity index (χ2v) is 4.24. The molecule has 2 nitrogen and oxygen atoms in total. The van der Waals surface area contributed by atoms with Crippen LogP contribution in [-0.2, 0) is 4.79 Å². The highest BCUT2D eigenvalue weighted by Crippen LogP contribution is 2.34. The first-order valence-corrected chi connectivity index (χ1v) is 4.72. The van der Waals surface area contributed by atoms with Gasteiger partial charge in [-0.25, -0.2) is 9.79 Å². The fourth-order valence-corrected chi connectivity index (χ4v) is 2.52. The predicted molar refractivity (Wildman–Crippen MR) is 48.6 cm³/mol. The van der Waals surface area contributed by atoms with Crippen molar-refractivity contribution in [3.8, 4) is 0 Å². The summed E-state index contributed by atoms with van der Waals surface area (Å²) in [5.41, 5.74) is 0. The highest BCUT2D eigenvalue weighted by Gasteiger charge is 2.30. The average Bonchev–Trinajstić information content (AvgIpc) is 1.96. The lowest BCUT2D eigenvalue weighted by atomic mass is 9.74. The molecule has 1 rings (SSSR count). The molecule has 0 amide bonds. The third kappa shape index (κ3) is 1.95. The van der Waals surface area contributed by atoms with Crippen LogP contribution in [0.1, 0.15) is 33.6 Å². The van der Waals surface area contributed by atoms with Gasteiger partial charge in [0, 0.05) is 0 Å². The summed E-state index contributed by atoms with van der Waals surface area (Å²) in [4.78, 5) is 14.0. The van der Waals surface area contributed by atoms with Crippen molar-refractivity contribution in [2.45, 2.75) is 39.7 Å². The van der Waals surface area contributed by atoms with Crippen LogP contribution in [0.2, 0.25) is 0 Å². The van der Waals surface area contributed by atoms with Gasteiger partial charge in [0.05, 0.1) is 6.04 Å². The van der Waals surface area contributed by atoms with Gasteiger partial charge < -0.3 is 0 Å². The van der Waals surface area contributed by atoms with Crippen molar-refractivity contribution in [2.24, 2.45) is 22.7 Å². The largest absolute Gasteiger partial charge is 0.235 e. The second-order valence-electron chi connectivity index (χ2n) is 4.24. The summed E-state index contributed by atoms with van der Waals surface area (Å²) in [7, 11) is 0. The van der Waals surface area contributed by atoms with Crippen molar-refractivity contribution in [1.29, 1.82) is 0 Å². The highest BCUT2D eigenvalue weighted by atomic mass is 16.1. The molecule has 0 spiro atoms. The third-order valence-electron chi connectivity index (χ3n) is 2.92. The number of carbonyl (C=O) groups excluding carboxylic acids is 1. The summed E-state index contributed by atoms with van der Waals surface area (Å²) in [6, 6.07) is 0.221. The quantitative estimate of drug-likeness (QED) is 0.435. The van der Waals surface area contributed by atoms with E-state index in [0.29, 0.717) is 11.8 Å². The molecule has 0 heterocycles. The number of hydrogen-bond donors (Lipinski definition) is 0. The van der Waals surface area contributed by atoms with Gasteiger partial charge in [0.25, 0.3) is 0 Å². The molecule has 2 unspecified atom stereocenters. The molecule has 0 aromatic carbocycles. The van der Waals surface area contributed by atoms with E-state index in [1.54, 1.807) is 6.08 Å². The van der Waals surface area contributed by atoms with E-state index < -0.39 is 0 Å². The maximum atomic E-state index is 10.2. The monoisotopic (exact) mass is 167 g/mol. The van der Waals surface area contributed by atoms with Crippen molar-refractivity contribution in [2.75, 3.05) is 0 Å². The SMILES string of the molecule is CC1CC(C)C(N=C=O)C(C)C1. The molecule has 0 aliphatic heterocycles. The molecule has 1 fully saturated rings. The standard InChI is InChI=1S/C10H17NO/c1-7-4-8(2)10(11-6-12)9(3)5-7/h7-10H,4-5H2,1-3H3. The molecule has 1 saturated carbocycles. The van der Waals surface area contributed by atoms with Gasteiger partial charge in [0.2, 0.25) is 6.08 Å². The van der Waals surface area contributed by atoms with Crippen LogP contribution < -0.4 is 0 Å². The smallest absolute Gasteiger partial charge is 0.211 e. The van der Waals surface area contributed by atoms with Crippen LogP contribution in [0, 0.1) is 17.8 Å². The fraction of sp³-hybridized carbons (Fsp3) is 0.900. The summed E-state index contributed by atoms with van der Waals surface area (Å²) < 4.78 is 0. The molecule has 68 valence electrons. The van der Waals surface area contributed by atoms with Crippen LogP contribution in [0.3, 0.4) is 0 Å². The Labute approximate surface area is 74.1 Å². The van der Waals surface area contributed by atoms with E-state index in [1.165, 1.54) is 12.8 Å². The van der Waals surface area contributed by atoms with E-state index in [1.807, 2.05) is 0 Å². The van der Waals surface area contributed by atoms with Gasteiger partial charge in [-0.1, -0.05) is 20.8 Å². The van der Waals surface area contributed by atoms with Gasteiger partial charge in [0.15, 0.2) is 0 Å². The predicted octanol–water partition coefficient (Wildman–Crippen LogP) is 2.39. The van der Waals surface area contributed by atoms with E-state index in [2.05, 4.69) is 25.8 Å². The average molecular weight is 167 g/mol. The van der Waals surface area contributed by atoms with E-state index in [0.717, 1.165) is 5.92 Å². The molecule has 0 aromatic rings. The van der Waals surface area contributed by atoms with Crippen molar-refractivity contribution in [1.82, 2.24) is 0 Å². The van der Waals surface area contributed by atoms with Crippen LogP contribution in [0.15, 0.2) is 4.99 Å². The molecule has 0 saturated heterocycles. The van der Waals surface area contributed by atoms with Crippen LogP contribution in [0.4, 0.5) is 0 Å². The Hall–Kier alpha value is -0.620. The number of aliphatic imine (C=N–C) groups is 1. The van der Waals surface area contributed by atoms with Crippen molar-refractivity contribution >= 4 is 6.08 Å². The van der Waals surface area contributed by atoms with Gasteiger partial charge in [-0.15, -0.1) is 0 Å². The summed E-state index contributed by atoms with van der Waals surface area (Å²) in [5.74, 6) is 1.88. The van der Waals surface area contributed by atoms with Crippen molar-refractivity contribution < 1.29 is 4.79 Å². The van der Waals surface area contributed by atoms with Crippen molar-refractivity contribution in [3.05, 3.63) is 0 Å². The first-order chi connectivity index (χ1) is 5.65. The maximum absolute atomic E-state index is 10.2. The van der Waals surface area contributed by atoms with Gasteiger partial charge in [-0.3, -0.25) is 0 Å². The number of nitrogens with zero attached hydrogens (tertiary/aromatic N) is 1. The summed E-state index contributed by atoms with van der Waals surface area (Å²) >= 11 is 0. The van der Waals surface area contributed by atoms with E-state index in [9.17, 15) is 4.79 Å². The van der Waals surface area contributed by atoms with Crippen LogP contribution in [-0.4, -0.2) is 12.1 Å². The first-order valence-electron chi connectivity index (χ1n) is 4.72. The van der Waals surface area contributed by atoms with Gasteiger partial charge in [-0.05, 0) is 30.6 Å². The minimum atomic E-state index is 0.221. The van der Waals surface area contributed by atoms with E-state index in [-0.39, 0.29) is 6.04 Å². The Kier molecular flexibility index (Phi) is 3.05. The Morgan fingerprint density at radius 1 is 1.17 bits per heavy atom. The molecule has 1 aliphatic rings. The number of rotatable bonds is 1. The zero-order chi connectivity index (χ0) is 9.14. The number of hydrogen-bond acceptors (Lipinski definition) is 2. The molecule has 0 aromatic heterocycles. The summed E-state index contributed by atoms with van der Waals surface area (Å²) in [6.45, 7) is 6.63. The maximum Gasteiger partial charge on any atom is 0.235 e. The lowest BCUT2D eigenvalue weighted by Gasteiger charge is -2.34. The Morgan fingerprint density at radius 2 is 1.67 bits per heavy atom. The molecular formula is C10H17NO. The third-order valence-corrected chi connectivity index (χ3v) is 2.92. The van der Waals surface area contributed by atoms with E-state index in [4.69, 9.17) is 0 Å². The van der Waals surface area contributed by atoms with Crippen LogP contribution >= 0.6 is 0 Å². The minimum Gasteiger partial charge on any atom is -0.211 e. The molecule has 1 aliphatic carbocycles. The summed E-state index contributed by atoms with van der Waals surface area (Å²) in [6.07, 6.45) is 4.08. The van der Waals surface area contributed by atoms with Crippen LogP contribution in [0.5, 0.6) is 0 Å². The topological polar surface area (TPSA) is 29.4 Å². The lowest BCUT2D eigenvalue weighted by molar-refractivity contribution is 0.196. The Morgan fingerprint density at radius 3 is 2.08 bits per heavy atom. The summed E-state index contributed by atoms with van der Waals surface area (Å²) in [5, 5.41) is 0. The minimum absolute atomic E-state index is 0.221. The molecule has 0 N–H and O–H groups in total. The highest BCUT2D eigenvalue weighted by molar-refractivity contribution is 5.33.